The largest absolute Gasteiger partial charge is 0.237 e. The number of nitrogens with zero attached hydrogens (tertiary/aromatic N) is 3. The molecular weight excluding hydrogens is 299 g/mol. The molecule has 1 radical (unpaired) electrons. The zero-order valence-electron chi connectivity index (χ0n) is 9.69. The topological polar surface area (TPSA) is 30.7 Å². The quantitative estimate of drug-likeness (QED) is 0.682. The van der Waals surface area contributed by atoms with Crippen LogP contribution in [0.3, 0.4) is 0 Å². The Labute approximate surface area is 131 Å². The Morgan fingerprint density at radius 1 is 0.944 bits per heavy atom. The first-order chi connectivity index (χ1) is 8.45. The molecule has 0 atom stereocenters. The van der Waals surface area contributed by atoms with Crippen LogP contribution in [0.2, 0.25) is 0 Å². The first kappa shape index (κ1) is 13.1. The minimum absolute atomic E-state index is 0. The maximum Gasteiger partial charge on any atom is 0.0919 e. The predicted octanol–water partition coefficient (Wildman–Crippen LogP) is 2.73. The van der Waals surface area contributed by atoms with Crippen molar-refractivity contribution < 1.29 is 32.7 Å². The zero-order chi connectivity index (χ0) is 11.5. The molecule has 1 heterocycles. The number of benzene rings is 2. The Morgan fingerprint density at radius 2 is 1.67 bits per heavy atom. The maximum absolute atomic E-state index is 4.12. The van der Waals surface area contributed by atoms with Crippen molar-refractivity contribution in [2.24, 2.45) is 0 Å². The van der Waals surface area contributed by atoms with E-state index in [0.29, 0.717) is 0 Å². The van der Waals surface area contributed by atoms with Crippen molar-refractivity contribution in [2.45, 2.75) is 0 Å². The van der Waals surface area contributed by atoms with Gasteiger partial charge in [0.05, 0.1) is 11.9 Å². The molecule has 0 saturated carbocycles. The van der Waals surface area contributed by atoms with E-state index in [1.807, 2.05) is 59.3 Å². The summed E-state index contributed by atoms with van der Waals surface area (Å²) in [6, 6.07) is 20.7. The number of rotatable bonds is 2. The van der Waals surface area contributed by atoms with Crippen molar-refractivity contribution in [1.29, 1.82) is 0 Å². The summed E-state index contributed by atoms with van der Waals surface area (Å²) in [5.41, 5.74) is 3.07. The molecule has 0 aliphatic carbocycles. The van der Waals surface area contributed by atoms with Gasteiger partial charge in [-0.25, -0.2) is 4.68 Å². The van der Waals surface area contributed by atoms with Crippen LogP contribution in [0, 0.1) is 6.07 Å². The first-order valence-electron chi connectivity index (χ1n) is 5.38. The molecule has 0 saturated heterocycles. The second-order valence-electron chi connectivity index (χ2n) is 3.66. The van der Waals surface area contributed by atoms with Crippen LogP contribution in [-0.2, 0) is 32.7 Å². The summed E-state index contributed by atoms with van der Waals surface area (Å²) in [5.74, 6) is 0. The summed E-state index contributed by atoms with van der Waals surface area (Å²) in [6.45, 7) is 0. The van der Waals surface area contributed by atoms with Crippen LogP contribution >= 0.6 is 0 Å². The minimum Gasteiger partial charge on any atom is -0.237 e. The van der Waals surface area contributed by atoms with Crippen molar-refractivity contribution in [3.8, 4) is 16.9 Å². The van der Waals surface area contributed by atoms with Crippen LogP contribution in [-0.4, -0.2) is 15.0 Å². The Bertz CT molecular complexity index is 551. The molecule has 4 heteroatoms. The fourth-order valence-corrected chi connectivity index (χ4v) is 1.75. The number of hydrogen-bond donors (Lipinski definition) is 0. The van der Waals surface area contributed by atoms with Gasteiger partial charge in [-0.2, -0.15) is 18.2 Å². The van der Waals surface area contributed by atoms with E-state index in [1.54, 1.807) is 6.20 Å². The summed E-state index contributed by atoms with van der Waals surface area (Å²) in [4.78, 5) is 0. The zero-order valence-corrected chi connectivity index (χ0v) is 12.5. The van der Waals surface area contributed by atoms with Crippen LogP contribution in [0.1, 0.15) is 0 Å². The van der Waals surface area contributed by atoms with Gasteiger partial charge in [0.15, 0.2) is 0 Å². The standard InChI is InChI=1S/C14H10N3.Y/c1-3-7-12(8-4-1)14-11-15-16-17(14)13-9-5-2-6-10-13;/h1,3-11H;/q-1;. The molecule has 18 heavy (non-hydrogen) atoms. The van der Waals surface area contributed by atoms with Gasteiger partial charge in [-0.15, -0.1) is 17.2 Å². The summed E-state index contributed by atoms with van der Waals surface area (Å²) in [6.07, 6.45) is 1.77. The molecule has 1 aromatic heterocycles. The molecule has 0 spiro atoms. The average Bonchev–Trinajstić information content (AvgIpc) is 2.90. The van der Waals surface area contributed by atoms with Gasteiger partial charge in [0, 0.05) is 38.3 Å². The van der Waals surface area contributed by atoms with Crippen LogP contribution in [0.4, 0.5) is 0 Å². The Hall–Kier alpha value is -1.32. The van der Waals surface area contributed by atoms with E-state index in [9.17, 15) is 0 Å². The molecule has 0 fully saturated rings. The molecule has 0 amide bonds. The van der Waals surface area contributed by atoms with Gasteiger partial charge in [-0.05, 0) is 5.69 Å². The third-order valence-electron chi connectivity index (χ3n) is 2.56. The molecular formula is C14H10N3Y-. The molecule has 0 bridgehead atoms. The smallest absolute Gasteiger partial charge is 0.0919 e. The van der Waals surface area contributed by atoms with Crippen molar-refractivity contribution >= 4 is 0 Å². The Morgan fingerprint density at radius 3 is 2.39 bits per heavy atom. The van der Waals surface area contributed by atoms with Gasteiger partial charge < -0.3 is 0 Å². The Kier molecular flexibility index (Phi) is 4.40. The summed E-state index contributed by atoms with van der Waals surface area (Å²) < 4.78 is 1.82. The van der Waals surface area contributed by atoms with Gasteiger partial charge in [0.2, 0.25) is 0 Å². The molecule has 0 unspecified atom stereocenters. The SMILES string of the molecule is [Y].[c-]1ccc(-n2nncc2-c2ccccc2)cc1. The summed E-state index contributed by atoms with van der Waals surface area (Å²) in [7, 11) is 0. The third-order valence-corrected chi connectivity index (χ3v) is 2.56. The molecule has 0 aliphatic rings. The second kappa shape index (κ2) is 6.03. The van der Waals surface area contributed by atoms with Gasteiger partial charge in [-0.1, -0.05) is 35.5 Å². The van der Waals surface area contributed by atoms with Gasteiger partial charge in [0.1, 0.15) is 0 Å². The number of hydrogen-bond acceptors (Lipinski definition) is 2. The minimum atomic E-state index is 0. The maximum atomic E-state index is 4.12. The molecule has 3 nitrogen and oxygen atoms in total. The molecule has 0 aliphatic heterocycles. The normalized spacial score (nSPS) is 9.78. The summed E-state index contributed by atoms with van der Waals surface area (Å²) in [5, 5.41) is 8.09. The van der Waals surface area contributed by atoms with Crippen molar-refractivity contribution in [3.05, 3.63) is 66.9 Å². The van der Waals surface area contributed by atoms with E-state index in [1.165, 1.54) is 0 Å². The monoisotopic (exact) mass is 309 g/mol. The van der Waals surface area contributed by atoms with Crippen LogP contribution in [0.15, 0.2) is 60.8 Å². The van der Waals surface area contributed by atoms with Crippen LogP contribution < -0.4 is 0 Å². The van der Waals surface area contributed by atoms with Crippen LogP contribution in [0.25, 0.3) is 16.9 Å². The van der Waals surface area contributed by atoms with Crippen molar-refractivity contribution in [1.82, 2.24) is 15.0 Å². The van der Waals surface area contributed by atoms with E-state index in [-0.39, 0.29) is 32.7 Å². The molecule has 85 valence electrons. The molecule has 0 N–H and O–H groups in total. The van der Waals surface area contributed by atoms with Gasteiger partial charge in [-0.3, -0.25) is 0 Å². The van der Waals surface area contributed by atoms with Gasteiger partial charge >= 0.3 is 0 Å². The average molecular weight is 309 g/mol. The Balaban J connectivity index is 0.00000120. The summed E-state index contributed by atoms with van der Waals surface area (Å²) >= 11 is 0. The van der Waals surface area contributed by atoms with E-state index in [4.69, 9.17) is 0 Å². The fraction of sp³-hybridized carbons (Fsp3) is 0. The van der Waals surface area contributed by atoms with Gasteiger partial charge in [0.25, 0.3) is 0 Å². The third kappa shape index (κ3) is 2.57. The van der Waals surface area contributed by atoms with E-state index < -0.39 is 0 Å². The van der Waals surface area contributed by atoms with Crippen molar-refractivity contribution in [2.75, 3.05) is 0 Å². The molecule has 2 aromatic carbocycles. The van der Waals surface area contributed by atoms with E-state index in [2.05, 4.69) is 16.4 Å². The van der Waals surface area contributed by atoms with Crippen molar-refractivity contribution in [3.63, 3.8) is 0 Å². The van der Waals surface area contributed by atoms with E-state index in [0.717, 1.165) is 16.9 Å². The molecule has 3 aromatic rings. The van der Waals surface area contributed by atoms with E-state index >= 15 is 0 Å². The second-order valence-corrected chi connectivity index (χ2v) is 3.66. The fourth-order valence-electron chi connectivity index (χ4n) is 1.75. The first-order valence-corrected chi connectivity index (χ1v) is 5.38. The number of aromatic nitrogens is 3. The predicted molar refractivity (Wildman–Crippen MR) is 65.6 cm³/mol. The van der Waals surface area contributed by atoms with Crippen LogP contribution in [0.5, 0.6) is 0 Å². The molecule has 3 rings (SSSR count).